The molecule has 24 heteroatoms. The fourth-order valence-corrected chi connectivity index (χ4v) is 13.2. The van der Waals surface area contributed by atoms with Gasteiger partial charge in [-0.25, -0.2) is 0 Å². The summed E-state index contributed by atoms with van der Waals surface area (Å²) in [6.45, 7) is -2.14. The highest BCUT2D eigenvalue weighted by molar-refractivity contribution is 5.73. The van der Waals surface area contributed by atoms with E-state index in [0.717, 1.165) is 6.07 Å². The first-order valence-corrected chi connectivity index (χ1v) is 27.1. The second kappa shape index (κ2) is 22.4. The average Bonchev–Trinajstić information content (AvgIpc) is 1.58. The Bertz CT molecular complexity index is 3340. The van der Waals surface area contributed by atoms with Crippen LogP contribution in [0, 0.1) is 0 Å². The monoisotopic (exact) mass is 1170 g/mol. The van der Waals surface area contributed by atoms with Gasteiger partial charge >= 0.3 is 0 Å². The molecule has 0 aromatic heterocycles. The Morgan fingerprint density at radius 1 is 0.345 bits per heavy atom. The van der Waals surface area contributed by atoms with E-state index in [9.17, 15) is 86.8 Å². The molecule has 0 unspecified atom stereocenters. The molecule has 0 spiro atoms. The molecule has 24 nitrogen and oxygen atoms in total. The van der Waals surface area contributed by atoms with Crippen molar-refractivity contribution in [2.45, 2.75) is 128 Å². The molecule has 4 heterocycles. The average molecular weight is 1170 g/mol. The molecular formula is C60H62O24. The third-order valence-electron chi connectivity index (χ3n) is 17.1. The number of aromatic hydroxyl groups is 5. The fraction of sp³-hybridized carbons (Fsp3) is 0.400. The molecule has 6 aliphatic rings. The molecule has 6 aromatic carbocycles. The molecule has 17 N–H and O–H groups in total. The van der Waals surface area contributed by atoms with Crippen molar-refractivity contribution in [2.75, 3.05) is 19.8 Å². The van der Waals surface area contributed by atoms with E-state index in [2.05, 4.69) is 0 Å². The fourth-order valence-electron chi connectivity index (χ4n) is 13.2. The first kappa shape index (κ1) is 57.4. The van der Waals surface area contributed by atoms with Crippen molar-refractivity contribution in [3.05, 3.63) is 159 Å². The lowest BCUT2D eigenvalue weighted by atomic mass is 9.75. The first-order valence-electron chi connectivity index (χ1n) is 27.1. The Balaban J connectivity index is 1.02. The number of aliphatic hydroxyl groups excluding tert-OH is 12. The second-order valence-corrected chi connectivity index (χ2v) is 22.1. The summed E-state index contributed by atoms with van der Waals surface area (Å²) < 4.78 is 41.9. The largest absolute Gasteiger partial charge is 0.508 e. The van der Waals surface area contributed by atoms with E-state index in [1.807, 2.05) is 0 Å². The van der Waals surface area contributed by atoms with E-state index in [4.69, 9.17) is 33.2 Å². The Morgan fingerprint density at radius 2 is 0.774 bits per heavy atom. The number of benzene rings is 6. The molecule has 4 aliphatic heterocycles. The zero-order chi connectivity index (χ0) is 59.3. The van der Waals surface area contributed by atoms with E-state index < -0.39 is 148 Å². The van der Waals surface area contributed by atoms with Gasteiger partial charge in [0.1, 0.15) is 131 Å². The van der Waals surface area contributed by atoms with Crippen LogP contribution in [0.5, 0.6) is 51.7 Å². The SMILES string of the molecule is OC[C@H]1O[C@@H](Oc2ccc([C@H]3c4c(O)cc5c(c4[C@@H]4[C@@H](c6ccc(O)cc6)c6c(O)cc(O[C@@H]7O[C@H](CO)[C@@H](O)[C@H](O)[C@H]7O)cc6[C@H]34)[C@H](c3cc(O)cc(O)c3)[C@@H](c3ccc(O[C@@H]4O[C@H](CO)[C@@H](O)[C@H](O)[C@H]4O)cc3)O5)cc2)[C@H](O)[C@@H](O)[C@@H]1O. The van der Waals surface area contributed by atoms with Crippen LogP contribution >= 0.6 is 0 Å². The van der Waals surface area contributed by atoms with Crippen LogP contribution in [0.15, 0.2) is 109 Å². The van der Waals surface area contributed by atoms with Crippen molar-refractivity contribution < 1.29 is 120 Å². The van der Waals surface area contributed by atoms with Gasteiger partial charge in [0.25, 0.3) is 0 Å². The molecule has 12 rings (SSSR count). The van der Waals surface area contributed by atoms with E-state index >= 15 is 0 Å². The summed E-state index contributed by atoms with van der Waals surface area (Å²) in [6.07, 6.45) is -25.1. The van der Waals surface area contributed by atoms with Crippen molar-refractivity contribution in [3.8, 4) is 51.7 Å². The van der Waals surface area contributed by atoms with Gasteiger partial charge in [0.15, 0.2) is 0 Å². The highest BCUT2D eigenvalue weighted by atomic mass is 16.7. The molecule has 3 fully saturated rings. The summed E-state index contributed by atoms with van der Waals surface area (Å²) in [6, 6.07) is 27.5. The van der Waals surface area contributed by atoms with Gasteiger partial charge in [0.05, 0.1) is 25.7 Å². The molecule has 21 atom stereocenters. The first-order chi connectivity index (χ1) is 40.3. The lowest BCUT2D eigenvalue weighted by Gasteiger charge is -2.39. The molecule has 6 aromatic rings. The minimum Gasteiger partial charge on any atom is -0.508 e. The zero-order valence-electron chi connectivity index (χ0n) is 44.1. The lowest BCUT2D eigenvalue weighted by molar-refractivity contribution is -0.277. The standard InChI is InChI=1S/C60H62O24/c61-19-36-48(69)51(72)54(75)58(82-36)78-29-9-3-23(4-10-29)40-43-32-16-31(80-60-56(77)53(74)50(71)38(21-63)84-60)17-33(67)42(32)39(22-1-7-26(64)8-2-22)46(43)47-44(40)34(68)18-35-45(47)41(25-13-27(65)15-28(66)14-25)57(81-35)24-5-11-30(12-6-24)79-59-55(76)52(73)49(70)37(20-62)83-59/h1-18,36-41,43,46,48-77H,19-21H2/t36-,37-,38-,39+,40-,41+,43-,46-,48-,49-,50-,51+,52+,53+,54-,55-,56-,57-,58-,59-,60-/m1/s1. The summed E-state index contributed by atoms with van der Waals surface area (Å²) in [7, 11) is 0. The smallest absolute Gasteiger partial charge is 0.229 e. The minimum atomic E-state index is -1.84. The number of hydrogen-bond donors (Lipinski definition) is 17. The van der Waals surface area contributed by atoms with Gasteiger partial charge in [-0.15, -0.1) is 0 Å². The highest BCUT2D eigenvalue weighted by Crippen LogP contribution is 2.72. The summed E-state index contributed by atoms with van der Waals surface area (Å²) >= 11 is 0. The number of fused-ring (bicyclic) bond motifs is 7. The van der Waals surface area contributed by atoms with Crippen molar-refractivity contribution in [1.82, 2.24) is 0 Å². The molecule has 0 saturated carbocycles. The Hall–Kier alpha value is -7.08. The van der Waals surface area contributed by atoms with Crippen LogP contribution in [0.4, 0.5) is 0 Å². The summed E-state index contributed by atoms with van der Waals surface area (Å²) in [4.78, 5) is 0. The molecule has 0 radical (unpaired) electrons. The van der Waals surface area contributed by atoms with Gasteiger partial charge in [0.2, 0.25) is 18.9 Å². The zero-order valence-corrected chi connectivity index (χ0v) is 44.1. The number of hydrogen-bond acceptors (Lipinski definition) is 24. The predicted molar refractivity (Wildman–Crippen MR) is 285 cm³/mol. The van der Waals surface area contributed by atoms with Gasteiger partial charge in [-0.1, -0.05) is 36.4 Å². The van der Waals surface area contributed by atoms with Gasteiger partial charge in [-0.2, -0.15) is 0 Å². The Morgan fingerprint density at radius 3 is 1.25 bits per heavy atom. The predicted octanol–water partition coefficient (Wildman–Crippen LogP) is 0.175. The molecule has 3 saturated heterocycles. The second-order valence-electron chi connectivity index (χ2n) is 22.1. The van der Waals surface area contributed by atoms with Crippen molar-refractivity contribution in [1.29, 1.82) is 0 Å². The maximum Gasteiger partial charge on any atom is 0.229 e. The normalized spacial score (nSPS) is 34.9. The van der Waals surface area contributed by atoms with Crippen LogP contribution in [-0.2, 0) is 14.2 Å². The number of rotatable bonds is 13. The summed E-state index contributed by atoms with van der Waals surface area (Å²) in [5.41, 5.74) is 4.19. The summed E-state index contributed by atoms with van der Waals surface area (Å²) in [5.74, 6) is -5.11. The molecule has 84 heavy (non-hydrogen) atoms. The van der Waals surface area contributed by atoms with Crippen LogP contribution in [0.2, 0.25) is 0 Å². The van der Waals surface area contributed by atoms with Gasteiger partial charge in [0, 0.05) is 58.6 Å². The van der Waals surface area contributed by atoms with E-state index in [-0.39, 0.29) is 51.7 Å². The van der Waals surface area contributed by atoms with Crippen molar-refractivity contribution in [3.63, 3.8) is 0 Å². The highest BCUT2D eigenvalue weighted by Gasteiger charge is 2.58. The number of phenolic OH excluding ortho intramolecular Hbond substituents is 5. The lowest BCUT2D eigenvalue weighted by Crippen LogP contribution is -2.60. The van der Waals surface area contributed by atoms with Crippen LogP contribution in [0.1, 0.15) is 85.8 Å². The van der Waals surface area contributed by atoms with Crippen molar-refractivity contribution >= 4 is 0 Å². The van der Waals surface area contributed by atoms with E-state index in [0.29, 0.717) is 50.1 Å². The third-order valence-corrected chi connectivity index (χ3v) is 17.1. The molecule has 446 valence electrons. The quantitative estimate of drug-likeness (QED) is 0.0733. The van der Waals surface area contributed by atoms with Crippen LogP contribution < -0.4 is 18.9 Å². The molecule has 2 aliphatic carbocycles. The molecule has 0 amide bonds. The number of aliphatic hydroxyl groups is 12. The summed E-state index contributed by atoms with van der Waals surface area (Å²) in [5, 5.41) is 184. The third kappa shape index (κ3) is 9.75. The van der Waals surface area contributed by atoms with Crippen LogP contribution in [0.25, 0.3) is 0 Å². The Kier molecular flexibility index (Phi) is 15.3. The van der Waals surface area contributed by atoms with Gasteiger partial charge in [-0.05, 0) is 88.0 Å². The maximum atomic E-state index is 12.7. The topological polar surface area (TPSA) is 409 Å². The minimum absolute atomic E-state index is 0.0696. The molecule has 0 bridgehead atoms. The Labute approximate surface area is 477 Å². The van der Waals surface area contributed by atoms with Crippen LogP contribution in [-0.4, -0.2) is 199 Å². The van der Waals surface area contributed by atoms with Gasteiger partial charge < -0.3 is 120 Å². The number of ether oxygens (including phenoxy) is 7. The van der Waals surface area contributed by atoms with E-state index in [1.165, 1.54) is 48.5 Å². The van der Waals surface area contributed by atoms with Crippen LogP contribution in [0.3, 0.4) is 0 Å². The van der Waals surface area contributed by atoms with Crippen molar-refractivity contribution in [2.24, 2.45) is 0 Å². The maximum absolute atomic E-state index is 12.7. The van der Waals surface area contributed by atoms with Gasteiger partial charge in [-0.3, -0.25) is 0 Å². The molecular weight excluding hydrogens is 1100 g/mol. The van der Waals surface area contributed by atoms with E-state index in [1.54, 1.807) is 54.6 Å². The number of phenols is 5.